The number of amides is 1. The van der Waals surface area contributed by atoms with E-state index in [0.717, 1.165) is 48.7 Å². The van der Waals surface area contributed by atoms with E-state index < -0.39 is 17.1 Å². The Bertz CT molecular complexity index is 1340. The average molecular weight is 531 g/mol. The molecule has 39 heavy (non-hydrogen) atoms. The van der Waals surface area contributed by atoms with Crippen LogP contribution >= 0.6 is 0 Å². The van der Waals surface area contributed by atoms with Crippen LogP contribution in [-0.2, 0) is 16.6 Å². The minimum Gasteiger partial charge on any atom is -0.504 e. The number of piperidine rings is 1. The number of hydrogen-bond acceptors (Lipinski definition) is 6. The van der Waals surface area contributed by atoms with Crippen LogP contribution < -0.4 is 9.47 Å². The number of carbonyl (C=O) groups excluding carboxylic acids is 1. The summed E-state index contributed by atoms with van der Waals surface area (Å²) in [6.07, 6.45) is 8.37. The molecule has 3 aliphatic carbocycles. The van der Waals surface area contributed by atoms with Gasteiger partial charge in [0.2, 0.25) is 5.91 Å². The zero-order valence-electron chi connectivity index (χ0n) is 22.8. The summed E-state index contributed by atoms with van der Waals surface area (Å²) in [5.41, 5.74) is 1.48. The van der Waals surface area contributed by atoms with Crippen LogP contribution in [0.4, 0.5) is 0 Å². The lowest BCUT2D eigenvalue weighted by molar-refractivity contribution is -0.200. The summed E-state index contributed by atoms with van der Waals surface area (Å²) >= 11 is 0. The Kier molecular flexibility index (Phi) is 5.76. The fourth-order valence-electron chi connectivity index (χ4n) is 8.18. The van der Waals surface area contributed by atoms with Gasteiger partial charge in [-0.1, -0.05) is 18.2 Å². The Morgan fingerprint density at radius 2 is 2.08 bits per heavy atom. The van der Waals surface area contributed by atoms with E-state index in [9.17, 15) is 15.0 Å². The van der Waals surface area contributed by atoms with Gasteiger partial charge in [-0.2, -0.15) is 0 Å². The lowest BCUT2D eigenvalue weighted by atomic mass is 9.48. The highest BCUT2D eigenvalue weighted by Gasteiger charge is 2.73. The van der Waals surface area contributed by atoms with E-state index in [1.54, 1.807) is 17.0 Å². The van der Waals surface area contributed by atoms with E-state index in [1.807, 2.05) is 50.4 Å². The fourth-order valence-corrected chi connectivity index (χ4v) is 8.18. The first-order valence-electron chi connectivity index (χ1n) is 14.5. The molecule has 2 saturated carbocycles. The van der Waals surface area contributed by atoms with Gasteiger partial charge in [-0.05, 0) is 93.3 Å². The van der Waals surface area contributed by atoms with Gasteiger partial charge in [0.1, 0.15) is 11.9 Å². The molecule has 2 aliphatic heterocycles. The third-order valence-electron chi connectivity index (χ3n) is 10.2. The van der Waals surface area contributed by atoms with Gasteiger partial charge in [-0.15, -0.1) is 0 Å². The van der Waals surface area contributed by atoms with Crippen LogP contribution in [0, 0.1) is 5.92 Å². The van der Waals surface area contributed by atoms with Crippen molar-refractivity contribution in [2.24, 2.45) is 5.92 Å². The molecule has 7 rings (SSSR count). The summed E-state index contributed by atoms with van der Waals surface area (Å²) in [5.74, 6) is 2.06. The van der Waals surface area contributed by atoms with E-state index in [1.165, 1.54) is 18.4 Å². The van der Waals surface area contributed by atoms with Gasteiger partial charge in [0.05, 0.1) is 23.7 Å². The number of aromatic hydroxyl groups is 1. The lowest BCUT2D eigenvalue weighted by Gasteiger charge is -2.64. The van der Waals surface area contributed by atoms with Gasteiger partial charge in [0, 0.05) is 31.3 Å². The molecule has 0 radical (unpaired) electrons. The van der Waals surface area contributed by atoms with Crippen molar-refractivity contribution in [3.63, 3.8) is 0 Å². The molecule has 2 N–H and O–H groups in total. The van der Waals surface area contributed by atoms with Crippen LogP contribution in [0.3, 0.4) is 0 Å². The number of nitrogens with zero attached hydrogens (tertiary/aromatic N) is 2. The molecule has 7 nitrogen and oxygen atoms in total. The number of likely N-dealkylation sites (tertiary alicyclic amines) is 1. The molecule has 0 unspecified atom stereocenters. The molecule has 5 aliphatic rings. The fraction of sp³-hybridized carbons (Fsp3) is 0.531. The molecule has 1 amide bonds. The third-order valence-corrected chi connectivity index (χ3v) is 10.2. The maximum Gasteiger partial charge on any atom is 0.246 e. The molecule has 2 heterocycles. The van der Waals surface area contributed by atoms with Crippen molar-refractivity contribution >= 4 is 12.0 Å². The van der Waals surface area contributed by atoms with E-state index >= 15 is 0 Å². The van der Waals surface area contributed by atoms with Crippen LogP contribution in [0.2, 0.25) is 0 Å². The maximum absolute atomic E-state index is 13.5. The van der Waals surface area contributed by atoms with Crippen LogP contribution in [0.5, 0.6) is 17.2 Å². The van der Waals surface area contributed by atoms with Crippen molar-refractivity contribution in [3.8, 4) is 17.2 Å². The summed E-state index contributed by atoms with van der Waals surface area (Å²) in [6.45, 7) is 4.48. The number of benzene rings is 2. The second kappa shape index (κ2) is 9.00. The van der Waals surface area contributed by atoms with Gasteiger partial charge in [0.25, 0.3) is 0 Å². The highest BCUT2D eigenvalue weighted by molar-refractivity contribution is 5.92. The molecule has 0 aromatic heterocycles. The second-order valence-electron chi connectivity index (χ2n) is 12.2. The highest BCUT2D eigenvalue weighted by atomic mass is 16.5. The summed E-state index contributed by atoms with van der Waals surface area (Å²) in [6, 6.07) is 11.3. The number of likely N-dealkylation sites (N-methyl/N-ethyl adjacent to an activating group) is 1. The van der Waals surface area contributed by atoms with Crippen LogP contribution in [0.25, 0.3) is 6.08 Å². The molecule has 2 bridgehead atoms. The van der Waals surface area contributed by atoms with Crippen molar-refractivity contribution in [1.82, 2.24) is 9.80 Å². The smallest absolute Gasteiger partial charge is 0.246 e. The molecular weight excluding hydrogens is 492 g/mol. The van der Waals surface area contributed by atoms with E-state index in [0.29, 0.717) is 25.2 Å². The van der Waals surface area contributed by atoms with Crippen LogP contribution in [0.15, 0.2) is 42.5 Å². The number of ether oxygens (including phenoxy) is 2. The summed E-state index contributed by atoms with van der Waals surface area (Å²) < 4.78 is 12.2. The Morgan fingerprint density at radius 3 is 2.87 bits per heavy atom. The minimum atomic E-state index is -0.952. The largest absolute Gasteiger partial charge is 0.504 e. The normalized spacial score (nSPS) is 32.5. The predicted octanol–water partition coefficient (Wildman–Crippen LogP) is 3.90. The molecule has 1 spiro atoms. The van der Waals surface area contributed by atoms with Gasteiger partial charge in [-0.25, -0.2) is 0 Å². The first kappa shape index (κ1) is 25.0. The number of phenols is 1. The number of carbonyl (C=O) groups is 1. The predicted molar refractivity (Wildman–Crippen MR) is 148 cm³/mol. The molecular formula is C32H38N2O5. The number of rotatable bonds is 7. The van der Waals surface area contributed by atoms with Crippen molar-refractivity contribution in [1.29, 1.82) is 0 Å². The lowest BCUT2D eigenvalue weighted by Crippen LogP contribution is -2.78. The Morgan fingerprint density at radius 1 is 1.23 bits per heavy atom. The first-order valence-corrected chi connectivity index (χ1v) is 14.5. The molecule has 5 atom stereocenters. The van der Waals surface area contributed by atoms with Crippen LogP contribution in [0.1, 0.15) is 55.7 Å². The second-order valence-corrected chi connectivity index (χ2v) is 12.2. The van der Waals surface area contributed by atoms with Gasteiger partial charge >= 0.3 is 0 Å². The Hall–Kier alpha value is -3.03. The molecule has 2 aromatic carbocycles. The molecule has 206 valence electrons. The summed E-state index contributed by atoms with van der Waals surface area (Å²) in [4.78, 5) is 17.8. The topological polar surface area (TPSA) is 82.5 Å². The SMILES string of the molecule is CCOc1cccc(C=CC(=O)N(C)[C@H]2CC[C@@]3(O)[C@H]4Cc5ccc(O)c6c5[C@@]3(CCN4CC3CC3)[C@H]2O6)c1. The van der Waals surface area contributed by atoms with Gasteiger partial charge < -0.3 is 24.6 Å². The number of aliphatic hydroxyl groups is 1. The summed E-state index contributed by atoms with van der Waals surface area (Å²) in [5, 5.41) is 23.5. The summed E-state index contributed by atoms with van der Waals surface area (Å²) in [7, 11) is 1.84. The van der Waals surface area contributed by atoms with Gasteiger partial charge in [0.15, 0.2) is 11.5 Å². The standard InChI is InChI=1S/C32H38N2O5/c1-3-38-23-6-4-5-20(17-23)9-12-27(36)33(2)24-13-14-32(37)26-18-22-10-11-25(35)29-28(22)31(32,30(24)39-29)15-16-34(26)19-21-7-8-21/h4-6,9-12,17,21,24,26,30,35,37H,3,7-8,13-16,18-19H2,1-2H3/t24-,26+,30-,31-,32+/m0/s1. The molecule has 1 saturated heterocycles. The highest BCUT2D eigenvalue weighted by Crippen LogP contribution is 2.66. The van der Waals surface area contributed by atoms with E-state index in [4.69, 9.17) is 9.47 Å². The van der Waals surface area contributed by atoms with E-state index in [2.05, 4.69) is 4.90 Å². The third kappa shape index (κ3) is 3.66. The number of phenolic OH excluding ortho intramolecular Hbond substituents is 1. The van der Waals surface area contributed by atoms with Crippen molar-refractivity contribution in [2.75, 3.05) is 26.7 Å². The first-order chi connectivity index (χ1) is 18.9. The Balaban J connectivity index is 1.21. The maximum atomic E-state index is 13.5. The molecule has 3 fully saturated rings. The Labute approximate surface area is 230 Å². The zero-order chi connectivity index (χ0) is 26.9. The average Bonchev–Trinajstić information content (AvgIpc) is 3.67. The van der Waals surface area contributed by atoms with Gasteiger partial charge in [-0.3, -0.25) is 9.69 Å². The minimum absolute atomic E-state index is 0.0282. The molecule has 7 heteroatoms. The zero-order valence-corrected chi connectivity index (χ0v) is 22.8. The monoisotopic (exact) mass is 530 g/mol. The molecule has 2 aromatic rings. The van der Waals surface area contributed by atoms with Crippen molar-refractivity contribution in [2.45, 2.75) is 74.7 Å². The number of hydrogen-bond donors (Lipinski definition) is 2. The van der Waals surface area contributed by atoms with E-state index in [-0.39, 0.29) is 23.7 Å². The van der Waals surface area contributed by atoms with Crippen molar-refractivity contribution in [3.05, 3.63) is 59.2 Å². The van der Waals surface area contributed by atoms with Crippen molar-refractivity contribution < 1.29 is 24.5 Å². The van der Waals surface area contributed by atoms with Crippen LogP contribution in [-0.4, -0.2) is 76.5 Å². The quantitative estimate of drug-likeness (QED) is 0.529.